The van der Waals surface area contributed by atoms with Gasteiger partial charge in [-0.3, -0.25) is 4.79 Å². The Labute approximate surface area is 109 Å². The highest BCUT2D eigenvalue weighted by Gasteiger charge is 2.36. The number of carbonyl (C=O) groups is 1. The fraction of sp³-hybridized carbons (Fsp3) is 0.900. The van der Waals surface area contributed by atoms with Crippen LogP contribution < -0.4 is 0 Å². The molecule has 17 heavy (non-hydrogen) atoms. The van der Waals surface area contributed by atoms with Crippen molar-refractivity contribution < 1.29 is 22.8 Å². The minimum absolute atomic E-state index is 0.161. The van der Waals surface area contributed by atoms with Crippen LogP contribution in [-0.4, -0.2) is 54.2 Å². The Morgan fingerprint density at radius 1 is 1.18 bits per heavy atom. The molecule has 0 aliphatic heterocycles. The van der Waals surface area contributed by atoms with E-state index >= 15 is 0 Å². The van der Waals surface area contributed by atoms with E-state index in [0.29, 0.717) is 12.4 Å². The summed E-state index contributed by atoms with van der Waals surface area (Å²) in [6, 6.07) is 0.756. The molecule has 5 nitrogen and oxygen atoms in total. The fourth-order valence-corrected chi connectivity index (χ4v) is 4.03. The molecule has 0 N–H and O–H groups in total. The monoisotopic (exact) mass is 282 g/mol. The number of ether oxygens (including phenoxy) is 1. The summed E-state index contributed by atoms with van der Waals surface area (Å²) in [5.41, 5.74) is 0. The van der Waals surface area contributed by atoms with E-state index in [2.05, 4.69) is 0 Å². The molecule has 0 aliphatic carbocycles. The number of hydrogen-bond donors (Lipinski definition) is 0. The van der Waals surface area contributed by atoms with Crippen LogP contribution in [0.3, 0.4) is 0 Å². The summed E-state index contributed by atoms with van der Waals surface area (Å²) < 4.78 is 20.7. The Hall–Kier alpha value is -0.0831. The largest absolute Gasteiger partial charge is 0.500 e. The molecule has 0 spiro atoms. The van der Waals surface area contributed by atoms with Crippen LogP contribution in [0.5, 0.6) is 0 Å². The Bertz CT molecular complexity index is 203. The molecule has 0 saturated heterocycles. The van der Waals surface area contributed by atoms with Gasteiger partial charge in [0.15, 0.2) is 0 Å². The van der Waals surface area contributed by atoms with E-state index in [0.717, 1.165) is 18.2 Å². The Morgan fingerprint density at radius 3 is 2.24 bits per heavy atom. The van der Waals surface area contributed by atoms with Crippen LogP contribution >= 0.6 is 11.8 Å². The van der Waals surface area contributed by atoms with Crippen molar-refractivity contribution >= 4 is 26.5 Å². The number of rotatable bonds is 10. The van der Waals surface area contributed by atoms with Gasteiger partial charge in [-0.25, -0.2) is 0 Å². The van der Waals surface area contributed by atoms with Crippen LogP contribution in [0.25, 0.3) is 0 Å². The molecule has 0 aliphatic rings. The van der Waals surface area contributed by atoms with E-state index in [-0.39, 0.29) is 5.97 Å². The van der Waals surface area contributed by atoms with E-state index < -0.39 is 8.80 Å². The number of thioether (sulfide) groups is 1. The van der Waals surface area contributed by atoms with Gasteiger partial charge < -0.3 is 18.0 Å². The van der Waals surface area contributed by atoms with Gasteiger partial charge in [0.2, 0.25) is 0 Å². The third-order valence-electron chi connectivity index (χ3n) is 2.23. The lowest BCUT2D eigenvalue weighted by Gasteiger charge is -2.24. The SMILES string of the molecule is CCOC(=O)CSCCC[Si](OC)(OC)OC. The first-order valence-corrected chi connectivity index (χ1v) is 8.61. The van der Waals surface area contributed by atoms with Crippen molar-refractivity contribution in [2.75, 3.05) is 39.4 Å². The van der Waals surface area contributed by atoms with Crippen molar-refractivity contribution in [3.63, 3.8) is 0 Å². The molecule has 0 saturated carbocycles. The third-order valence-corrected chi connectivity index (χ3v) is 6.08. The van der Waals surface area contributed by atoms with Crippen LogP contribution in [0, 0.1) is 0 Å². The van der Waals surface area contributed by atoms with Gasteiger partial charge >= 0.3 is 14.8 Å². The van der Waals surface area contributed by atoms with E-state index in [1.807, 2.05) is 0 Å². The highest BCUT2D eigenvalue weighted by Crippen LogP contribution is 2.17. The van der Waals surface area contributed by atoms with Gasteiger partial charge in [-0.1, -0.05) is 0 Å². The fourth-order valence-electron chi connectivity index (χ4n) is 1.31. The zero-order valence-electron chi connectivity index (χ0n) is 11.0. The Balaban J connectivity index is 3.65. The highest BCUT2D eigenvalue weighted by molar-refractivity contribution is 7.99. The topological polar surface area (TPSA) is 54.0 Å². The van der Waals surface area contributed by atoms with Crippen molar-refractivity contribution in [3.8, 4) is 0 Å². The first kappa shape index (κ1) is 16.9. The summed E-state index contributed by atoms with van der Waals surface area (Å²) in [5.74, 6) is 1.10. The lowest BCUT2D eigenvalue weighted by Crippen LogP contribution is -2.42. The van der Waals surface area contributed by atoms with E-state index in [1.165, 1.54) is 0 Å². The molecular formula is C10H22O5SSi. The van der Waals surface area contributed by atoms with Gasteiger partial charge in [0.25, 0.3) is 0 Å². The van der Waals surface area contributed by atoms with Crippen molar-refractivity contribution in [1.82, 2.24) is 0 Å². The average Bonchev–Trinajstić information content (AvgIpc) is 2.35. The molecular weight excluding hydrogens is 260 g/mol. The maximum absolute atomic E-state index is 11.1. The molecule has 0 aromatic carbocycles. The Kier molecular flexibility index (Phi) is 9.85. The van der Waals surface area contributed by atoms with E-state index in [4.69, 9.17) is 18.0 Å². The summed E-state index contributed by atoms with van der Waals surface area (Å²) in [5, 5.41) is 0. The molecule has 7 heteroatoms. The summed E-state index contributed by atoms with van der Waals surface area (Å²) in [6.07, 6.45) is 0.895. The summed E-state index contributed by atoms with van der Waals surface area (Å²) >= 11 is 1.55. The second kappa shape index (κ2) is 9.90. The van der Waals surface area contributed by atoms with Crippen molar-refractivity contribution in [3.05, 3.63) is 0 Å². The molecule has 0 amide bonds. The van der Waals surface area contributed by atoms with Crippen LogP contribution in [0.1, 0.15) is 13.3 Å². The van der Waals surface area contributed by atoms with E-state index in [1.54, 1.807) is 40.0 Å². The van der Waals surface area contributed by atoms with Gasteiger partial charge in [-0.15, -0.1) is 0 Å². The molecule has 0 aromatic rings. The lowest BCUT2D eigenvalue weighted by atomic mass is 10.6. The van der Waals surface area contributed by atoms with Gasteiger partial charge in [0.05, 0.1) is 12.4 Å². The predicted octanol–water partition coefficient (Wildman–Crippen LogP) is 1.55. The number of carbonyl (C=O) groups excluding carboxylic acids is 1. The molecule has 0 heterocycles. The zero-order valence-corrected chi connectivity index (χ0v) is 12.8. The van der Waals surface area contributed by atoms with Crippen LogP contribution in [0.15, 0.2) is 0 Å². The maximum Gasteiger partial charge on any atom is 0.500 e. The second-order valence-electron chi connectivity index (χ2n) is 3.26. The average molecular weight is 282 g/mol. The minimum atomic E-state index is -2.44. The van der Waals surface area contributed by atoms with Crippen molar-refractivity contribution in [1.29, 1.82) is 0 Å². The quantitative estimate of drug-likeness (QED) is 0.344. The summed E-state index contributed by atoms with van der Waals surface area (Å²) in [6.45, 7) is 2.24. The zero-order chi connectivity index (χ0) is 13.1. The van der Waals surface area contributed by atoms with Gasteiger partial charge in [0.1, 0.15) is 0 Å². The summed E-state index contributed by atoms with van der Waals surface area (Å²) in [7, 11) is 2.37. The summed E-state index contributed by atoms with van der Waals surface area (Å²) in [4.78, 5) is 11.1. The van der Waals surface area contributed by atoms with Crippen molar-refractivity contribution in [2.45, 2.75) is 19.4 Å². The van der Waals surface area contributed by atoms with Crippen molar-refractivity contribution in [2.24, 2.45) is 0 Å². The number of hydrogen-bond acceptors (Lipinski definition) is 6. The molecule has 102 valence electrons. The molecule has 0 aromatic heterocycles. The van der Waals surface area contributed by atoms with Gasteiger partial charge in [-0.2, -0.15) is 11.8 Å². The first-order valence-electron chi connectivity index (χ1n) is 5.53. The highest BCUT2D eigenvalue weighted by atomic mass is 32.2. The van der Waals surface area contributed by atoms with E-state index in [9.17, 15) is 4.79 Å². The molecule has 0 radical (unpaired) electrons. The molecule has 0 fully saturated rings. The predicted molar refractivity (Wildman–Crippen MR) is 70.2 cm³/mol. The molecule has 0 bridgehead atoms. The third kappa shape index (κ3) is 7.05. The molecule has 0 atom stereocenters. The normalized spacial score (nSPS) is 11.5. The molecule has 0 rings (SSSR count). The van der Waals surface area contributed by atoms with Crippen LogP contribution in [0.4, 0.5) is 0 Å². The standard InChI is InChI=1S/C10H22O5SSi/c1-5-15-10(11)9-16-7-6-8-17(12-2,13-3)14-4/h5-9H2,1-4H3. The van der Waals surface area contributed by atoms with Gasteiger partial charge in [-0.05, 0) is 19.1 Å². The molecule has 0 unspecified atom stereocenters. The van der Waals surface area contributed by atoms with Gasteiger partial charge in [0, 0.05) is 27.4 Å². The van der Waals surface area contributed by atoms with Crippen LogP contribution in [0.2, 0.25) is 6.04 Å². The second-order valence-corrected chi connectivity index (χ2v) is 7.45. The number of esters is 1. The smallest absolute Gasteiger partial charge is 0.465 e. The minimum Gasteiger partial charge on any atom is -0.465 e. The lowest BCUT2D eigenvalue weighted by molar-refractivity contribution is -0.139. The first-order chi connectivity index (χ1) is 8.14. The maximum atomic E-state index is 11.1. The Morgan fingerprint density at radius 2 is 1.76 bits per heavy atom. The van der Waals surface area contributed by atoms with Crippen LogP contribution in [-0.2, 0) is 22.8 Å².